The maximum atomic E-state index is 13.8. The fourth-order valence-electron chi connectivity index (χ4n) is 4.98. The quantitative estimate of drug-likeness (QED) is 0.0259. The van der Waals surface area contributed by atoms with Crippen molar-refractivity contribution in [3.63, 3.8) is 0 Å². The Morgan fingerprint density at radius 2 is 1.13 bits per heavy atom. The number of nitrogens with one attached hydrogen (secondary N) is 6. The number of aliphatic carboxylic acids is 1. The van der Waals surface area contributed by atoms with Gasteiger partial charge in [-0.3, -0.25) is 38.6 Å². The molecule has 0 rings (SSSR count). The molecule has 20 heteroatoms. The van der Waals surface area contributed by atoms with Gasteiger partial charge in [-0.15, -0.1) is 0 Å². The van der Waals surface area contributed by atoms with E-state index in [2.05, 4.69) is 36.9 Å². The maximum Gasteiger partial charge on any atom is 0.326 e. The van der Waals surface area contributed by atoms with E-state index in [0.717, 1.165) is 0 Å². The first kappa shape index (κ1) is 49.0. The highest BCUT2D eigenvalue weighted by molar-refractivity contribution is 5.97. The first-order valence-corrected chi connectivity index (χ1v) is 18.2. The average Bonchev–Trinajstić information content (AvgIpc) is 3.07. The first-order chi connectivity index (χ1) is 25.0. The van der Waals surface area contributed by atoms with Crippen LogP contribution in [0.3, 0.4) is 0 Å². The number of carbonyl (C=O) groups excluding carboxylic acids is 7. The number of nitrogens with zero attached hydrogens (tertiary/aromatic N) is 1. The van der Waals surface area contributed by atoms with E-state index in [1.54, 1.807) is 27.7 Å². The zero-order valence-electron chi connectivity index (χ0n) is 32.7. The molecule has 0 aromatic carbocycles. The number of carboxylic acid groups (broad SMARTS) is 1. The zero-order valence-corrected chi connectivity index (χ0v) is 32.7. The predicted molar refractivity (Wildman–Crippen MR) is 201 cm³/mol. The van der Waals surface area contributed by atoms with Gasteiger partial charge in [-0.05, 0) is 57.3 Å². The molecule has 15 N–H and O–H groups in total. The first-order valence-electron chi connectivity index (χ1n) is 18.2. The molecule has 0 unspecified atom stereocenters. The molecule has 0 bridgehead atoms. The van der Waals surface area contributed by atoms with Gasteiger partial charge < -0.3 is 59.9 Å². The Bertz CT molecular complexity index is 1340. The molecule has 0 aliphatic carbocycles. The van der Waals surface area contributed by atoms with E-state index >= 15 is 0 Å². The van der Waals surface area contributed by atoms with E-state index in [-0.39, 0.29) is 50.5 Å². The van der Waals surface area contributed by atoms with Crippen LogP contribution in [0.4, 0.5) is 0 Å². The maximum absolute atomic E-state index is 13.8. The van der Waals surface area contributed by atoms with Crippen molar-refractivity contribution in [1.82, 2.24) is 31.9 Å². The van der Waals surface area contributed by atoms with E-state index in [0.29, 0.717) is 6.42 Å². The van der Waals surface area contributed by atoms with E-state index in [1.807, 2.05) is 13.8 Å². The Kier molecular flexibility index (Phi) is 22.1. The molecule has 0 aromatic heterocycles. The van der Waals surface area contributed by atoms with Crippen molar-refractivity contribution in [2.75, 3.05) is 6.54 Å². The molecule has 0 aliphatic rings. The Morgan fingerprint density at radius 3 is 1.61 bits per heavy atom. The second kappa shape index (κ2) is 24.3. The minimum Gasteiger partial charge on any atom is -0.480 e. The van der Waals surface area contributed by atoms with Crippen molar-refractivity contribution in [1.29, 1.82) is 0 Å². The summed E-state index contributed by atoms with van der Waals surface area (Å²) in [7, 11) is 0. The highest BCUT2D eigenvalue weighted by Gasteiger charge is 2.34. The van der Waals surface area contributed by atoms with Crippen molar-refractivity contribution in [3.8, 4) is 0 Å². The number of aliphatic imine (C=N–C) groups is 1. The third kappa shape index (κ3) is 18.7. The smallest absolute Gasteiger partial charge is 0.326 e. The second-order valence-corrected chi connectivity index (χ2v) is 14.2. The minimum atomic E-state index is -1.23. The summed E-state index contributed by atoms with van der Waals surface area (Å²) >= 11 is 0. The molecule has 0 radical (unpaired) electrons. The topological polar surface area (TPSA) is 345 Å². The third-order valence-electron chi connectivity index (χ3n) is 8.48. The Labute approximate surface area is 316 Å². The average molecular weight is 770 g/mol. The number of rotatable bonds is 25. The van der Waals surface area contributed by atoms with Crippen molar-refractivity contribution in [2.24, 2.45) is 45.7 Å². The van der Waals surface area contributed by atoms with E-state index in [4.69, 9.17) is 22.9 Å². The van der Waals surface area contributed by atoms with Gasteiger partial charge >= 0.3 is 5.97 Å². The lowest BCUT2D eigenvalue weighted by Crippen LogP contribution is -2.60. The zero-order chi connectivity index (χ0) is 41.9. The van der Waals surface area contributed by atoms with Crippen molar-refractivity contribution >= 4 is 53.3 Å². The monoisotopic (exact) mass is 769 g/mol. The van der Waals surface area contributed by atoms with Crippen LogP contribution in [0.15, 0.2) is 4.99 Å². The van der Waals surface area contributed by atoms with Gasteiger partial charge in [0.05, 0.1) is 6.04 Å². The van der Waals surface area contributed by atoms with Gasteiger partial charge in [0.25, 0.3) is 0 Å². The van der Waals surface area contributed by atoms with Crippen LogP contribution in [0.1, 0.15) is 93.9 Å². The van der Waals surface area contributed by atoms with Gasteiger partial charge in [-0.2, -0.15) is 0 Å². The highest BCUT2D eigenvalue weighted by Crippen LogP contribution is 2.13. The molecule has 0 spiro atoms. The molecule has 7 amide bonds. The lowest BCUT2D eigenvalue weighted by Gasteiger charge is -2.29. The number of amides is 7. The van der Waals surface area contributed by atoms with Crippen molar-refractivity contribution in [3.05, 3.63) is 0 Å². The van der Waals surface area contributed by atoms with Crippen LogP contribution in [0.2, 0.25) is 0 Å². The van der Waals surface area contributed by atoms with Crippen LogP contribution in [-0.4, -0.2) is 107 Å². The van der Waals surface area contributed by atoms with Gasteiger partial charge in [-0.1, -0.05) is 48.0 Å². The Balaban J connectivity index is 6.09. The standard InChI is InChI=1S/C34H63N11O9/c1-9-18(6)26(32(52)43-23(15-16(2)3)31(51)41-20(8)28(48)44-25(17(4)5)33(53)54)45-30(50)22(11-10-14-39-34(37)38)42-27(47)19(7)40-29(49)21(35)12-13-24(36)46/h16-23,25-26H,9-15,35H2,1-8H3,(H2,36,46)(H,40,49)(H,41,51)(H,42,47)(H,43,52)(H,44,48)(H,45,50)(H,53,54)(H4,37,38,39)/t18-,19-,20-,21-,22-,23-,25-,26-/m0/s1. The number of carboxylic acids is 1. The number of primary amides is 1. The van der Waals surface area contributed by atoms with E-state index in [1.165, 1.54) is 13.8 Å². The molecular weight excluding hydrogens is 706 g/mol. The Hall–Kier alpha value is -5.01. The summed E-state index contributed by atoms with van der Waals surface area (Å²) < 4.78 is 0. The molecule has 0 aliphatic heterocycles. The van der Waals surface area contributed by atoms with Crippen LogP contribution in [0.5, 0.6) is 0 Å². The fourth-order valence-corrected chi connectivity index (χ4v) is 4.98. The highest BCUT2D eigenvalue weighted by atomic mass is 16.4. The summed E-state index contributed by atoms with van der Waals surface area (Å²) in [5.41, 5.74) is 21.7. The number of guanidine groups is 1. The van der Waals surface area contributed by atoms with Crippen LogP contribution in [0, 0.1) is 17.8 Å². The molecule has 8 atom stereocenters. The second-order valence-electron chi connectivity index (χ2n) is 14.2. The van der Waals surface area contributed by atoms with Gasteiger partial charge in [0.1, 0.15) is 36.3 Å². The van der Waals surface area contributed by atoms with Gasteiger partial charge in [-0.25, -0.2) is 4.79 Å². The summed E-state index contributed by atoms with van der Waals surface area (Å²) in [4.78, 5) is 106. The molecule has 0 heterocycles. The molecular formula is C34H63N11O9. The summed E-state index contributed by atoms with van der Waals surface area (Å²) in [6.07, 6.45) is 0.685. The van der Waals surface area contributed by atoms with Crippen LogP contribution in [-0.2, 0) is 38.4 Å². The normalized spacial score (nSPS) is 15.5. The van der Waals surface area contributed by atoms with Crippen LogP contribution < -0.4 is 54.8 Å². The summed E-state index contributed by atoms with van der Waals surface area (Å²) in [6.45, 7) is 13.3. The van der Waals surface area contributed by atoms with Crippen molar-refractivity contribution in [2.45, 2.75) is 136 Å². The molecule has 20 nitrogen and oxygen atoms in total. The molecule has 0 aromatic rings. The van der Waals surface area contributed by atoms with Crippen LogP contribution >= 0.6 is 0 Å². The largest absolute Gasteiger partial charge is 0.480 e. The Morgan fingerprint density at radius 1 is 0.630 bits per heavy atom. The van der Waals surface area contributed by atoms with Crippen molar-refractivity contribution < 1.29 is 43.5 Å². The number of hydrogen-bond acceptors (Lipinski definition) is 10. The minimum absolute atomic E-state index is 0.0276. The summed E-state index contributed by atoms with van der Waals surface area (Å²) in [6, 6.07) is -8.12. The van der Waals surface area contributed by atoms with Gasteiger partial charge in [0.15, 0.2) is 5.96 Å². The summed E-state index contributed by atoms with van der Waals surface area (Å²) in [5.74, 6) is -7.32. The molecule has 0 saturated carbocycles. The van der Waals surface area contributed by atoms with E-state index in [9.17, 15) is 43.5 Å². The van der Waals surface area contributed by atoms with Gasteiger partial charge in [0, 0.05) is 13.0 Å². The molecule has 0 saturated heterocycles. The summed E-state index contributed by atoms with van der Waals surface area (Å²) in [5, 5.41) is 24.8. The number of nitrogens with two attached hydrogens (primary N) is 4. The number of carbonyl (C=O) groups is 8. The SMILES string of the molecule is CC[C@H](C)[C@H](NC(=O)[C@H](CCCN=C(N)N)NC(=O)[C@H](C)NC(=O)[C@@H](N)CCC(N)=O)C(=O)N[C@@H](CC(C)C)C(=O)N[C@@H](C)C(=O)N[C@H](C(=O)O)C(C)C. The lowest BCUT2D eigenvalue weighted by molar-refractivity contribution is -0.143. The number of hydrogen-bond donors (Lipinski definition) is 11. The van der Waals surface area contributed by atoms with Crippen LogP contribution in [0.25, 0.3) is 0 Å². The fraction of sp³-hybridized carbons (Fsp3) is 0.735. The lowest BCUT2D eigenvalue weighted by atomic mass is 9.96. The molecule has 54 heavy (non-hydrogen) atoms. The predicted octanol–water partition coefficient (Wildman–Crippen LogP) is -2.59. The molecule has 0 fully saturated rings. The van der Waals surface area contributed by atoms with Gasteiger partial charge in [0.2, 0.25) is 41.4 Å². The van der Waals surface area contributed by atoms with E-state index < -0.39 is 101 Å². The molecule has 308 valence electrons. The third-order valence-corrected chi connectivity index (χ3v) is 8.48.